The average molecular weight is 500 g/mol. The highest BCUT2D eigenvalue weighted by Gasteiger charge is 2.46. The van der Waals surface area contributed by atoms with Crippen molar-refractivity contribution in [2.24, 2.45) is 11.3 Å². The Labute approximate surface area is 213 Å². The van der Waals surface area contributed by atoms with Crippen LogP contribution in [0.1, 0.15) is 47.5 Å². The van der Waals surface area contributed by atoms with E-state index >= 15 is 0 Å². The van der Waals surface area contributed by atoms with Gasteiger partial charge in [-0.1, -0.05) is 13.8 Å². The van der Waals surface area contributed by atoms with Crippen molar-refractivity contribution in [1.82, 2.24) is 14.9 Å². The molecular weight excluding hydrogens is 461 g/mol. The molecule has 2 aromatic rings. The Bertz CT molecular complexity index is 1090. The summed E-state index contributed by atoms with van der Waals surface area (Å²) in [4.78, 5) is 27.4. The molecule has 1 amide bonds. The van der Waals surface area contributed by atoms with Crippen molar-refractivity contribution in [3.05, 3.63) is 36.5 Å². The molecule has 8 nitrogen and oxygen atoms in total. The topological polar surface area (TPSA) is 71.0 Å². The van der Waals surface area contributed by atoms with Gasteiger partial charge >= 0.3 is 6.09 Å². The Morgan fingerprint density at radius 2 is 1.94 bits per heavy atom. The fourth-order valence-corrected chi connectivity index (χ4v) is 5.13. The van der Waals surface area contributed by atoms with Gasteiger partial charge in [0.25, 0.3) is 0 Å². The van der Waals surface area contributed by atoms with Gasteiger partial charge in [0.05, 0.1) is 11.9 Å². The molecule has 1 aromatic heterocycles. The molecule has 0 aliphatic carbocycles. The maximum atomic E-state index is 14.1. The lowest BCUT2D eigenvalue weighted by Crippen LogP contribution is -2.37. The number of likely N-dealkylation sites (tertiary alicyclic amines) is 1. The Hall–Kier alpha value is -3.10. The highest BCUT2D eigenvalue weighted by Crippen LogP contribution is 2.44. The van der Waals surface area contributed by atoms with E-state index in [1.165, 1.54) is 18.5 Å². The van der Waals surface area contributed by atoms with Crippen molar-refractivity contribution in [1.29, 1.82) is 0 Å². The van der Waals surface area contributed by atoms with Crippen LogP contribution in [0.3, 0.4) is 0 Å². The Morgan fingerprint density at radius 1 is 1.19 bits per heavy atom. The first-order valence-corrected chi connectivity index (χ1v) is 12.7. The lowest BCUT2D eigenvalue weighted by molar-refractivity contribution is 0.0276. The third kappa shape index (κ3) is 5.99. The quantitative estimate of drug-likeness (QED) is 0.531. The van der Waals surface area contributed by atoms with Gasteiger partial charge in [-0.05, 0) is 51.7 Å². The van der Waals surface area contributed by atoms with Gasteiger partial charge in [0.15, 0.2) is 17.3 Å². The van der Waals surface area contributed by atoms with Gasteiger partial charge in [0, 0.05) is 51.3 Å². The van der Waals surface area contributed by atoms with Gasteiger partial charge in [-0.2, -0.15) is 0 Å². The number of benzene rings is 1. The van der Waals surface area contributed by atoms with Gasteiger partial charge in [-0.15, -0.1) is 0 Å². The molecule has 0 N–H and O–H groups in total. The molecule has 3 heterocycles. The SMILES string of the molecule is CC(C)CN(C)c1cc(F)ccc1Oc1cncnc1N1CCC2(CCN(C(=O)OC(C)(C)C)C2)C1. The number of nitrogens with zero attached hydrogens (tertiary/aromatic N) is 5. The highest BCUT2D eigenvalue weighted by molar-refractivity contribution is 5.69. The number of rotatable bonds is 6. The van der Waals surface area contributed by atoms with E-state index in [9.17, 15) is 9.18 Å². The largest absolute Gasteiger partial charge is 0.450 e. The summed E-state index contributed by atoms with van der Waals surface area (Å²) in [5, 5.41) is 0. The number of ether oxygens (including phenoxy) is 2. The summed E-state index contributed by atoms with van der Waals surface area (Å²) in [6, 6.07) is 4.55. The van der Waals surface area contributed by atoms with Crippen LogP contribution in [0.4, 0.5) is 20.7 Å². The zero-order chi connectivity index (χ0) is 26.1. The van der Waals surface area contributed by atoms with Crippen LogP contribution in [0, 0.1) is 17.2 Å². The second kappa shape index (κ2) is 10.1. The van der Waals surface area contributed by atoms with E-state index in [0.29, 0.717) is 42.0 Å². The fraction of sp³-hybridized carbons (Fsp3) is 0.593. The average Bonchev–Trinajstić information content (AvgIpc) is 3.40. The summed E-state index contributed by atoms with van der Waals surface area (Å²) >= 11 is 0. The predicted molar refractivity (Wildman–Crippen MR) is 138 cm³/mol. The smallest absolute Gasteiger partial charge is 0.410 e. The van der Waals surface area contributed by atoms with Crippen LogP contribution in [-0.4, -0.2) is 66.3 Å². The Morgan fingerprint density at radius 3 is 2.67 bits per heavy atom. The van der Waals surface area contributed by atoms with E-state index in [1.807, 2.05) is 37.6 Å². The number of anilines is 2. The van der Waals surface area contributed by atoms with Crippen molar-refractivity contribution in [2.75, 3.05) is 49.6 Å². The molecule has 0 radical (unpaired) electrons. The Balaban J connectivity index is 1.50. The van der Waals surface area contributed by atoms with E-state index in [-0.39, 0.29) is 17.3 Å². The minimum absolute atomic E-state index is 0.00234. The highest BCUT2D eigenvalue weighted by atomic mass is 19.1. The van der Waals surface area contributed by atoms with E-state index < -0.39 is 5.60 Å². The zero-order valence-corrected chi connectivity index (χ0v) is 22.3. The van der Waals surface area contributed by atoms with Gasteiger partial charge in [-0.25, -0.2) is 19.2 Å². The fourth-order valence-electron chi connectivity index (χ4n) is 5.13. The lowest BCUT2D eigenvalue weighted by atomic mass is 9.86. The first-order valence-electron chi connectivity index (χ1n) is 12.7. The number of hydrogen-bond donors (Lipinski definition) is 0. The first-order chi connectivity index (χ1) is 16.9. The molecule has 196 valence electrons. The number of carbonyl (C=O) groups is 1. The zero-order valence-electron chi connectivity index (χ0n) is 22.3. The first kappa shape index (κ1) is 26.0. The summed E-state index contributed by atoms with van der Waals surface area (Å²) in [5.74, 6) is 1.90. The predicted octanol–water partition coefficient (Wildman–Crippen LogP) is 5.34. The number of hydrogen-bond acceptors (Lipinski definition) is 7. The normalized spacial score (nSPS) is 19.9. The molecule has 1 aromatic carbocycles. The van der Waals surface area contributed by atoms with E-state index in [2.05, 4.69) is 28.7 Å². The van der Waals surface area contributed by atoms with Gasteiger partial charge in [-0.3, -0.25) is 0 Å². The standard InChI is InChI=1S/C27H38FN5O3/c1-19(2)15-31(6)21-13-20(28)7-8-22(21)35-23-14-29-18-30-24(23)32-11-9-27(16-32)10-12-33(17-27)25(34)36-26(3,4)5/h7-8,13-14,18-19H,9-12,15-17H2,1-6H3. The van der Waals surface area contributed by atoms with Gasteiger partial charge < -0.3 is 24.2 Å². The van der Waals surface area contributed by atoms with Gasteiger partial charge in [0.2, 0.25) is 0 Å². The third-order valence-electron chi connectivity index (χ3n) is 6.68. The molecular formula is C27H38FN5O3. The van der Waals surface area contributed by atoms with Crippen molar-refractivity contribution >= 4 is 17.6 Å². The minimum atomic E-state index is -0.510. The van der Waals surface area contributed by atoms with Crippen molar-refractivity contribution in [3.63, 3.8) is 0 Å². The maximum absolute atomic E-state index is 14.1. The molecule has 1 atom stereocenters. The summed E-state index contributed by atoms with van der Waals surface area (Å²) in [6.07, 6.45) is 4.80. The van der Waals surface area contributed by atoms with E-state index in [0.717, 1.165) is 32.5 Å². The van der Waals surface area contributed by atoms with E-state index in [4.69, 9.17) is 9.47 Å². The third-order valence-corrected chi connectivity index (χ3v) is 6.68. The van der Waals surface area contributed by atoms with Crippen LogP contribution in [-0.2, 0) is 4.74 Å². The minimum Gasteiger partial charge on any atom is -0.450 e. The molecule has 1 unspecified atom stereocenters. The van der Waals surface area contributed by atoms with Crippen LogP contribution in [0.2, 0.25) is 0 Å². The maximum Gasteiger partial charge on any atom is 0.410 e. The van der Waals surface area contributed by atoms with Crippen LogP contribution in [0.5, 0.6) is 11.5 Å². The molecule has 0 bridgehead atoms. The van der Waals surface area contributed by atoms with Crippen LogP contribution in [0.25, 0.3) is 0 Å². The van der Waals surface area contributed by atoms with Gasteiger partial charge in [0.1, 0.15) is 17.7 Å². The number of halogens is 1. The number of amides is 1. The van der Waals surface area contributed by atoms with Crippen LogP contribution >= 0.6 is 0 Å². The number of aromatic nitrogens is 2. The molecule has 2 aliphatic heterocycles. The summed E-state index contributed by atoms with van der Waals surface area (Å²) in [6.45, 7) is 13.6. The molecule has 1 spiro atoms. The van der Waals surface area contributed by atoms with Crippen molar-refractivity contribution < 1.29 is 18.7 Å². The number of carbonyl (C=O) groups excluding carboxylic acids is 1. The molecule has 2 aliphatic rings. The Kier molecular flexibility index (Phi) is 7.29. The second-order valence-corrected chi connectivity index (χ2v) is 11.5. The second-order valence-electron chi connectivity index (χ2n) is 11.5. The molecule has 36 heavy (non-hydrogen) atoms. The molecule has 4 rings (SSSR count). The van der Waals surface area contributed by atoms with Crippen molar-refractivity contribution in [3.8, 4) is 11.5 Å². The van der Waals surface area contributed by atoms with Crippen LogP contribution < -0.4 is 14.5 Å². The molecule has 0 saturated carbocycles. The summed E-state index contributed by atoms with van der Waals surface area (Å²) in [7, 11) is 1.94. The molecule has 2 fully saturated rings. The summed E-state index contributed by atoms with van der Waals surface area (Å²) in [5.41, 5.74) is 0.169. The van der Waals surface area contributed by atoms with Crippen molar-refractivity contribution in [2.45, 2.75) is 53.1 Å². The molecule has 2 saturated heterocycles. The van der Waals surface area contributed by atoms with E-state index in [1.54, 1.807) is 12.3 Å². The van der Waals surface area contributed by atoms with Crippen LogP contribution in [0.15, 0.2) is 30.7 Å². The molecule has 9 heteroatoms. The lowest BCUT2D eigenvalue weighted by Gasteiger charge is -2.28. The monoisotopic (exact) mass is 499 g/mol. The summed E-state index contributed by atoms with van der Waals surface area (Å²) < 4.78 is 26.0.